The third-order valence-electron chi connectivity index (χ3n) is 3.57. The van der Waals surface area contributed by atoms with Crippen molar-refractivity contribution >= 4 is 6.29 Å². The van der Waals surface area contributed by atoms with Crippen molar-refractivity contribution in [3.8, 4) is 0 Å². The zero-order valence-corrected chi connectivity index (χ0v) is 10.7. The van der Waals surface area contributed by atoms with Crippen LogP contribution in [0.1, 0.15) is 38.5 Å². The van der Waals surface area contributed by atoms with Gasteiger partial charge in [-0.15, -0.1) is 0 Å². The molecule has 3 heteroatoms. The molecule has 0 aromatic rings. The molecule has 0 atom stereocenters. The van der Waals surface area contributed by atoms with E-state index in [0.717, 1.165) is 39.0 Å². The van der Waals surface area contributed by atoms with Gasteiger partial charge < -0.3 is 14.4 Å². The van der Waals surface area contributed by atoms with Crippen molar-refractivity contribution in [1.82, 2.24) is 4.90 Å². The van der Waals surface area contributed by atoms with Gasteiger partial charge >= 0.3 is 0 Å². The molecule has 1 fully saturated rings. The van der Waals surface area contributed by atoms with Gasteiger partial charge in [0.2, 0.25) is 0 Å². The topological polar surface area (TPSA) is 29.5 Å². The van der Waals surface area contributed by atoms with Crippen molar-refractivity contribution in [1.29, 1.82) is 0 Å². The van der Waals surface area contributed by atoms with E-state index in [-0.39, 0.29) is 5.41 Å². The molecule has 1 aliphatic carbocycles. The average molecular weight is 227 g/mol. The standard InChI is InChI=1S/C13H25NO2/c1-14(9-6-10-16-2)11-13(12-15)7-4-3-5-8-13/h12H,3-11H2,1-2H3. The van der Waals surface area contributed by atoms with E-state index in [9.17, 15) is 4.79 Å². The molecule has 0 unspecified atom stereocenters. The van der Waals surface area contributed by atoms with E-state index in [0.29, 0.717) is 0 Å². The third kappa shape index (κ3) is 4.22. The Kier molecular flexibility index (Phi) is 5.99. The van der Waals surface area contributed by atoms with Crippen molar-refractivity contribution in [2.45, 2.75) is 38.5 Å². The Balaban J connectivity index is 2.33. The van der Waals surface area contributed by atoms with Gasteiger partial charge in [-0.25, -0.2) is 0 Å². The van der Waals surface area contributed by atoms with Gasteiger partial charge in [-0.3, -0.25) is 0 Å². The Bertz CT molecular complexity index is 200. The van der Waals surface area contributed by atoms with Crippen LogP contribution < -0.4 is 0 Å². The van der Waals surface area contributed by atoms with Crippen molar-refractivity contribution in [3.05, 3.63) is 0 Å². The second-order valence-electron chi connectivity index (χ2n) is 5.13. The van der Waals surface area contributed by atoms with E-state index in [1.165, 1.54) is 25.5 Å². The summed E-state index contributed by atoms with van der Waals surface area (Å²) in [5.74, 6) is 0. The van der Waals surface area contributed by atoms with E-state index >= 15 is 0 Å². The first-order chi connectivity index (χ1) is 7.72. The number of carbonyl (C=O) groups is 1. The van der Waals surface area contributed by atoms with Crippen LogP contribution in [0.2, 0.25) is 0 Å². The lowest BCUT2D eigenvalue weighted by atomic mass is 9.75. The lowest BCUT2D eigenvalue weighted by molar-refractivity contribution is -0.118. The number of aldehydes is 1. The molecule has 0 saturated heterocycles. The molecule has 0 radical (unpaired) electrons. The van der Waals surface area contributed by atoms with Crippen LogP contribution >= 0.6 is 0 Å². The highest BCUT2D eigenvalue weighted by Crippen LogP contribution is 2.34. The molecule has 1 saturated carbocycles. The molecule has 0 aliphatic heterocycles. The highest BCUT2D eigenvalue weighted by molar-refractivity contribution is 5.60. The fourth-order valence-electron chi connectivity index (χ4n) is 2.66. The van der Waals surface area contributed by atoms with E-state index in [2.05, 4.69) is 11.9 Å². The first-order valence-electron chi connectivity index (χ1n) is 6.36. The van der Waals surface area contributed by atoms with Gasteiger partial charge in [-0.05, 0) is 26.3 Å². The van der Waals surface area contributed by atoms with Crippen LogP contribution in [-0.4, -0.2) is 45.0 Å². The summed E-state index contributed by atoms with van der Waals surface area (Å²) in [6.07, 6.45) is 8.12. The van der Waals surface area contributed by atoms with Crippen LogP contribution in [0.4, 0.5) is 0 Å². The molecule has 0 heterocycles. The van der Waals surface area contributed by atoms with Crippen LogP contribution in [0.3, 0.4) is 0 Å². The number of carbonyl (C=O) groups excluding carboxylic acids is 1. The van der Waals surface area contributed by atoms with Crippen LogP contribution in [0.15, 0.2) is 0 Å². The van der Waals surface area contributed by atoms with Crippen LogP contribution in [0, 0.1) is 5.41 Å². The molecule has 0 N–H and O–H groups in total. The molecule has 1 rings (SSSR count). The Hall–Kier alpha value is -0.410. The highest BCUT2D eigenvalue weighted by Gasteiger charge is 2.32. The first kappa shape index (κ1) is 13.7. The SMILES string of the molecule is COCCCN(C)CC1(C=O)CCCCC1. The third-order valence-corrected chi connectivity index (χ3v) is 3.57. The summed E-state index contributed by atoms with van der Waals surface area (Å²) in [7, 11) is 3.84. The molecule has 0 bridgehead atoms. The normalized spacial score (nSPS) is 19.9. The van der Waals surface area contributed by atoms with E-state index < -0.39 is 0 Å². The Labute approximate surface area is 99.1 Å². The molecule has 0 aromatic heterocycles. The lowest BCUT2D eigenvalue weighted by Gasteiger charge is -2.35. The Morgan fingerprint density at radius 3 is 2.56 bits per heavy atom. The van der Waals surface area contributed by atoms with Crippen LogP contribution in [0.25, 0.3) is 0 Å². The molecule has 16 heavy (non-hydrogen) atoms. The summed E-state index contributed by atoms with van der Waals surface area (Å²) in [6.45, 7) is 2.74. The molecule has 0 amide bonds. The monoisotopic (exact) mass is 227 g/mol. The highest BCUT2D eigenvalue weighted by atomic mass is 16.5. The number of rotatable bonds is 7. The quantitative estimate of drug-likeness (QED) is 0.493. The molecule has 3 nitrogen and oxygen atoms in total. The predicted octanol–water partition coefficient (Wildman–Crippen LogP) is 2.10. The van der Waals surface area contributed by atoms with E-state index in [1.807, 2.05) is 0 Å². The maximum absolute atomic E-state index is 11.3. The van der Waals surface area contributed by atoms with Gasteiger partial charge in [0.1, 0.15) is 6.29 Å². The number of ether oxygens (including phenoxy) is 1. The molecule has 94 valence electrons. The van der Waals surface area contributed by atoms with Gasteiger partial charge in [-0.2, -0.15) is 0 Å². The summed E-state index contributed by atoms with van der Waals surface area (Å²) in [5.41, 5.74) is -0.0555. The predicted molar refractivity (Wildman–Crippen MR) is 65.6 cm³/mol. The maximum Gasteiger partial charge on any atom is 0.127 e. The van der Waals surface area contributed by atoms with Crippen molar-refractivity contribution < 1.29 is 9.53 Å². The molecule has 0 aromatic carbocycles. The van der Waals surface area contributed by atoms with Crippen LogP contribution in [-0.2, 0) is 9.53 Å². The van der Waals surface area contributed by atoms with Crippen LogP contribution in [0.5, 0.6) is 0 Å². The second kappa shape index (κ2) is 7.02. The number of hydrogen-bond acceptors (Lipinski definition) is 3. The van der Waals surface area contributed by atoms with Gasteiger partial charge in [0, 0.05) is 32.2 Å². The molecule has 0 spiro atoms. The van der Waals surface area contributed by atoms with Crippen molar-refractivity contribution in [2.75, 3.05) is 33.9 Å². The molecule has 1 aliphatic rings. The zero-order chi connectivity index (χ0) is 11.9. The minimum absolute atomic E-state index is 0.0555. The maximum atomic E-state index is 11.3. The van der Waals surface area contributed by atoms with Gasteiger partial charge in [0.05, 0.1) is 0 Å². The van der Waals surface area contributed by atoms with Gasteiger partial charge in [-0.1, -0.05) is 19.3 Å². The first-order valence-corrected chi connectivity index (χ1v) is 6.36. The summed E-state index contributed by atoms with van der Waals surface area (Å²) in [5, 5.41) is 0. The van der Waals surface area contributed by atoms with Crippen molar-refractivity contribution in [2.24, 2.45) is 5.41 Å². The lowest BCUT2D eigenvalue weighted by Crippen LogP contribution is -2.39. The summed E-state index contributed by atoms with van der Waals surface area (Å²) < 4.78 is 5.04. The molecular weight excluding hydrogens is 202 g/mol. The van der Waals surface area contributed by atoms with Gasteiger partial charge in [0.15, 0.2) is 0 Å². The summed E-state index contributed by atoms with van der Waals surface area (Å²) in [4.78, 5) is 13.6. The summed E-state index contributed by atoms with van der Waals surface area (Å²) >= 11 is 0. The fourth-order valence-corrected chi connectivity index (χ4v) is 2.66. The smallest absolute Gasteiger partial charge is 0.127 e. The Morgan fingerprint density at radius 2 is 2.00 bits per heavy atom. The van der Waals surface area contributed by atoms with E-state index in [1.54, 1.807) is 7.11 Å². The number of hydrogen-bond donors (Lipinski definition) is 0. The minimum Gasteiger partial charge on any atom is -0.385 e. The van der Waals surface area contributed by atoms with E-state index in [4.69, 9.17) is 4.74 Å². The fraction of sp³-hybridized carbons (Fsp3) is 0.923. The number of nitrogens with zero attached hydrogens (tertiary/aromatic N) is 1. The average Bonchev–Trinajstić information content (AvgIpc) is 2.30. The molecular formula is C13H25NO2. The zero-order valence-electron chi connectivity index (χ0n) is 10.7. The van der Waals surface area contributed by atoms with Crippen molar-refractivity contribution in [3.63, 3.8) is 0 Å². The summed E-state index contributed by atoms with van der Waals surface area (Å²) in [6, 6.07) is 0. The Morgan fingerprint density at radius 1 is 1.31 bits per heavy atom. The van der Waals surface area contributed by atoms with Gasteiger partial charge in [0.25, 0.3) is 0 Å². The second-order valence-corrected chi connectivity index (χ2v) is 5.13. The minimum atomic E-state index is -0.0555. The largest absolute Gasteiger partial charge is 0.385 e. The number of methoxy groups -OCH3 is 1.